The van der Waals surface area contributed by atoms with Crippen LogP contribution in [-0.2, 0) is 6.61 Å². The van der Waals surface area contributed by atoms with E-state index in [0.29, 0.717) is 5.56 Å². The van der Waals surface area contributed by atoms with Crippen molar-refractivity contribution in [1.29, 1.82) is 0 Å². The Morgan fingerprint density at radius 2 is 2.20 bits per heavy atom. The van der Waals surface area contributed by atoms with Gasteiger partial charge in [0.1, 0.15) is 0 Å². The third-order valence-electron chi connectivity index (χ3n) is 1.10. The summed E-state index contributed by atoms with van der Waals surface area (Å²) in [5.74, 6) is -0.104. The van der Waals surface area contributed by atoms with E-state index in [9.17, 15) is 0 Å². The van der Waals surface area contributed by atoms with Crippen molar-refractivity contribution in [2.75, 3.05) is 0 Å². The summed E-state index contributed by atoms with van der Waals surface area (Å²) < 4.78 is 0. The number of rotatable bonds is 1. The molecule has 0 fully saturated rings. The van der Waals surface area contributed by atoms with Gasteiger partial charge < -0.3 is 10.2 Å². The van der Waals surface area contributed by atoms with Gasteiger partial charge in [0.2, 0.25) is 0 Å². The molecule has 1 heterocycles. The zero-order valence-electron chi connectivity index (χ0n) is 5.08. The Bertz CT molecular complexity index is 239. The molecule has 0 aliphatic rings. The smallest absolute Gasteiger partial charge is 0.152 e. The maximum absolute atomic E-state index is 8.93. The van der Waals surface area contributed by atoms with Crippen LogP contribution in [0.5, 0.6) is 5.75 Å². The van der Waals surface area contributed by atoms with Crippen LogP contribution < -0.4 is 0 Å². The van der Waals surface area contributed by atoms with E-state index in [1.807, 2.05) is 0 Å². The maximum Gasteiger partial charge on any atom is 0.152 e. The van der Waals surface area contributed by atoms with Crippen LogP contribution in [-0.4, -0.2) is 15.2 Å². The molecular formula is C6H6ClNO2. The molecule has 3 nitrogen and oxygen atoms in total. The summed E-state index contributed by atoms with van der Waals surface area (Å²) in [6.07, 6.45) is 2.63. The minimum absolute atomic E-state index is 0.104. The minimum atomic E-state index is -0.208. The van der Waals surface area contributed by atoms with Crippen LogP contribution in [0.4, 0.5) is 0 Å². The first kappa shape index (κ1) is 7.31. The first-order valence-electron chi connectivity index (χ1n) is 2.68. The predicted molar refractivity (Wildman–Crippen MR) is 36.8 cm³/mol. The van der Waals surface area contributed by atoms with Crippen LogP contribution in [0.2, 0.25) is 5.02 Å². The van der Waals surface area contributed by atoms with Crippen LogP contribution >= 0.6 is 11.6 Å². The number of hydrogen-bond donors (Lipinski definition) is 2. The van der Waals surface area contributed by atoms with Crippen molar-refractivity contribution in [2.24, 2.45) is 0 Å². The molecule has 10 heavy (non-hydrogen) atoms. The molecule has 0 unspecified atom stereocenters. The van der Waals surface area contributed by atoms with E-state index in [1.54, 1.807) is 0 Å². The zero-order valence-corrected chi connectivity index (χ0v) is 5.84. The Balaban J connectivity index is 3.14. The average Bonchev–Trinajstić information content (AvgIpc) is 1.95. The first-order valence-corrected chi connectivity index (χ1v) is 3.05. The molecule has 1 rings (SSSR count). The topological polar surface area (TPSA) is 53.4 Å². The summed E-state index contributed by atoms with van der Waals surface area (Å²) in [5.41, 5.74) is 0.432. The first-order chi connectivity index (χ1) is 4.75. The lowest BCUT2D eigenvalue weighted by atomic mass is 10.3. The Hall–Kier alpha value is -0.800. The quantitative estimate of drug-likeness (QED) is 0.641. The molecule has 0 radical (unpaired) electrons. The summed E-state index contributed by atoms with van der Waals surface area (Å²) >= 11 is 5.54. The molecule has 0 bridgehead atoms. The fourth-order valence-electron chi connectivity index (χ4n) is 0.586. The van der Waals surface area contributed by atoms with Gasteiger partial charge in [-0.1, -0.05) is 11.6 Å². The second-order valence-electron chi connectivity index (χ2n) is 1.79. The van der Waals surface area contributed by atoms with Gasteiger partial charge in [-0.3, -0.25) is 4.98 Å². The van der Waals surface area contributed by atoms with Gasteiger partial charge in [0, 0.05) is 11.8 Å². The van der Waals surface area contributed by atoms with Crippen molar-refractivity contribution in [1.82, 2.24) is 4.98 Å². The molecule has 2 N–H and O–H groups in total. The minimum Gasteiger partial charge on any atom is -0.505 e. The Morgan fingerprint density at radius 3 is 2.70 bits per heavy atom. The van der Waals surface area contributed by atoms with E-state index in [4.69, 9.17) is 21.8 Å². The van der Waals surface area contributed by atoms with Gasteiger partial charge in [0.05, 0.1) is 17.8 Å². The molecule has 0 aliphatic heterocycles. The largest absolute Gasteiger partial charge is 0.505 e. The second-order valence-corrected chi connectivity index (χ2v) is 2.17. The third kappa shape index (κ3) is 1.20. The van der Waals surface area contributed by atoms with Crippen LogP contribution in [0.1, 0.15) is 5.56 Å². The highest BCUT2D eigenvalue weighted by molar-refractivity contribution is 6.32. The summed E-state index contributed by atoms with van der Waals surface area (Å²) in [6, 6.07) is 0. The van der Waals surface area contributed by atoms with Crippen molar-refractivity contribution in [3.05, 3.63) is 23.0 Å². The van der Waals surface area contributed by atoms with Gasteiger partial charge in [-0.2, -0.15) is 0 Å². The van der Waals surface area contributed by atoms with Gasteiger partial charge in [0.15, 0.2) is 5.75 Å². The molecule has 0 aliphatic carbocycles. The van der Waals surface area contributed by atoms with Crippen LogP contribution in [0.25, 0.3) is 0 Å². The summed E-state index contributed by atoms with van der Waals surface area (Å²) in [7, 11) is 0. The molecule has 0 saturated heterocycles. The van der Waals surface area contributed by atoms with Crippen molar-refractivity contribution in [2.45, 2.75) is 6.61 Å². The predicted octanol–water partition coefficient (Wildman–Crippen LogP) is 0.933. The average molecular weight is 160 g/mol. The zero-order chi connectivity index (χ0) is 7.56. The molecular weight excluding hydrogens is 154 g/mol. The molecule has 0 saturated carbocycles. The van der Waals surface area contributed by atoms with Gasteiger partial charge >= 0.3 is 0 Å². The highest BCUT2D eigenvalue weighted by atomic mass is 35.5. The maximum atomic E-state index is 8.93. The van der Waals surface area contributed by atoms with E-state index in [0.717, 1.165) is 0 Å². The molecule has 0 amide bonds. The molecule has 1 aromatic rings. The van der Waals surface area contributed by atoms with Crippen LogP contribution in [0.3, 0.4) is 0 Å². The highest BCUT2D eigenvalue weighted by Crippen LogP contribution is 2.24. The fraction of sp³-hybridized carbons (Fsp3) is 0.167. The Morgan fingerprint density at radius 1 is 1.50 bits per heavy atom. The Kier molecular flexibility index (Phi) is 2.09. The van der Waals surface area contributed by atoms with E-state index in [2.05, 4.69) is 4.98 Å². The number of aliphatic hydroxyl groups excluding tert-OH is 1. The lowest BCUT2D eigenvalue weighted by molar-refractivity contribution is 0.280. The van der Waals surface area contributed by atoms with E-state index < -0.39 is 0 Å². The SMILES string of the molecule is OCc1cncc(O)c1Cl. The van der Waals surface area contributed by atoms with Crippen LogP contribution in [0, 0.1) is 0 Å². The molecule has 0 aromatic carbocycles. The number of hydrogen-bond acceptors (Lipinski definition) is 3. The van der Waals surface area contributed by atoms with E-state index in [-0.39, 0.29) is 17.4 Å². The summed E-state index contributed by atoms with van der Waals surface area (Å²) in [6.45, 7) is -0.208. The number of aromatic nitrogens is 1. The third-order valence-corrected chi connectivity index (χ3v) is 1.54. The second kappa shape index (κ2) is 2.86. The standard InChI is InChI=1S/C6H6ClNO2/c7-6-4(3-9)1-8-2-5(6)10/h1-2,9-10H,3H2. The van der Waals surface area contributed by atoms with Crippen molar-refractivity contribution < 1.29 is 10.2 Å². The van der Waals surface area contributed by atoms with E-state index >= 15 is 0 Å². The van der Waals surface area contributed by atoms with Gasteiger partial charge in [-0.25, -0.2) is 0 Å². The molecule has 0 atom stereocenters. The monoisotopic (exact) mass is 159 g/mol. The number of pyridine rings is 1. The van der Waals surface area contributed by atoms with Crippen molar-refractivity contribution in [3.8, 4) is 5.75 Å². The summed E-state index contributed by atoms with van der Waals surface area (Å²) in [5, 5.41) is 17.7. The number of nitrogens with zero attached hydrogens (tertiary/aromatic N) is 1. The van der Waals surface area contributed by atoms with Gasteiger partial charge in [0.25, 0.3) is 0 Å². The van der Waals surface area contributed by atoms with Crippen molar-refractivity contribution in [3.63, 3.8) is 0 Å². The van der Waals surface area contributed by atoms with Gasteiger partial charge in [-0.05, 0) is 0 Å². The highest BCUT2D eigenvalue weighted by Gasteiger charge is 2.02. The normalized spacial score (nSPS) is 9.80. The number of aliphatic hydroxyl groups is 1. The van der Waals surface area contributed by atoms with Crippen molar-refractivity contribution >= 4 is 11.6 Å². The lowest BCUT2D eigenvalue weighted by Gasteiger charge is -1.99. The Labute approximate surface area is 62.9 Å². The number of aromatic hydroxyl groups is 1. The molecule has 4 heteroatoms. The molecule has 54 valence electrons. The number of halogens is 1. The molecule has 0 spiro atoms. The summed E-state index contributed by atoms with van der Waals surface area (Å²) in [4.78, 5) is 3.62. The fourth-order valence-corrected chi connectivity index (χ4v) is 0.743. The lowest BCUT2D eigenvalue weighted by Crippen LogP contribution is -1.86. The van der Waals surface area contributed by atoms with Gasteiger partial charge in [-0.15, -0.1) is 0 Å². The molecule has 1 aromatic heterocycles. The van der Waals surface area contributed by atoms with Crippen LogP contribution in [0.15, 0.2) is 12.4 Å². The van der Waals surface area contributed by atoms with E-state index in [1.165, 1.54) is 12.4 Å².